The molecule has 90 valence electrons. The van der Waals surface area contributed by atoms with E-state index in [9.17, 15) is 0 Å². The van der Waals surface area contributed by atoms with Crippen LogP contribution in [0.2, 0.25) is 5.02 Å². The molecule has 0 saturated carbocycles. The monoisotopic (exact) mass is 241 g/mol. The van der Waals surface area contributed by atoms with Crippen LogP contribution >= 0.6 is 11.6 Å². The molecule has 0 radical (unpaired) electrons. The van der Waals surface area contributed by atoms with Crippen molar-refractivity contribution in [1.29, 1.82) is 0 Å². The molecule has 0 heterocycles. The minimum absolute atomic E-state index is 0.471. The van der Waals surface area contributed by atoms with Crippen LogP contribution in [0.1, 0.15) is 20.8 Å². The highest BCUT2D eigenvalue weighted by Crippen LogP contribution is 2.23. The highest BCUT2D eigenvalue weighted by Gasteiger charge is 2.05. The first-order chi connectivity index (χ1) is 7.59. The van der Waals surface area contributed by atoms with Crippen LogP contribution in [0.4, 0.5) is 0 Å². The molecule has 0 amide bonds. The van der Waals surface area contributed by atoms with Crippen molar-refractivity contribution in [2.24, 2.45) is 5.92 Å². The van der Waals surface area contributed by atoms with Crippen molar-refractivity contribution in [2.45, 2.75) is 26.8 Å². The summed E-state index contributed by atoms with van der Waals surface area (Å²) >= 11 is 5.99. The lowest BCUT2D eigenvalue weighted by Gasteiger charge is -2.16. The summed E-state index contributed by atoms with van der Waals surface area (Å²) in [4.78, 5) is 0. The first kappa shape index (κ1) is 13.3. The Morgan fingerprint density at radius 2 is 1.94 bits per heavy atom. The van der Waals surface area contributed by atoms with Gasteiger partial charge in [-0.3, -0.25) is 0 Å². The van der Waals surface area contributed by atoms with Crippen LogP contribution in [0, 0.1) is 5.92 Å². The van der Waals surface area contributed by atoms with E-state index in [1.807, 2.05) is 24.3 Å². The summed E-state index contributed by atoms with van der Waals surface area (Å²) < 4.78 is 5.66. The maximum absolute atomic E-state index is 5.99. The van der Waals surface area contributed by atoms with Gasteiger partial charge >= 0.3 is 0 Å². The maximum Gasteiger partial charge on any atom is 0.137 e. The first-order valence-corrected chi connectivity index (χ1v) is 6.08. The average Bonchev–Trinajstić information content (AvgIpc) is 2.25. The molecule has 1 N–H and O–H groups in total. The van der Waals surface area contributed by atoms with Crippen LogP contribution in [0.15, 0.2) is 24.3 Å². The van der Waals surface area contributed by atoms with Gasteiger partial charge in [-0.2, -0.15) is 0 Å². The molecule has 16 heavy (non-hydrogen) atoms. The fourth-order valence-electron chi connectivity index (χ4n) is 1.29. The van der Waals surface area contributed by atoms with Gasteiger partial charge in [-0.1, -0.05) is 44.5 Å². The zero-order valence-electron chi connectivity index (χ0n) is 10.2. The molecular weight excluding hydrogens is 222 g/mol. The van der Waals surface area contributed by atoms with Crippen LogP contribution in [-0.2, 0) is 0 Å². The van der Waals surface area contributed by atoms with Crippen molar-refractivity contribution in [3.63, 3.8) is 0 Å². The molecule has 0 fully saturated rings. The Labute approximate surface area is 103 Å². The maximum atomic E-state index is 5.99. The molecule has 0 aromatic heterocycles. The number of hydrogen-bond donors (Lipinski definition) is 1. The predicted molar refractivity (Wildman–Crippen MR) is 69.2 cm³/mol. The lowest BCUT2D eigenvalue weighted by atomic mass is 10.2. The third-order valence-corrected chi connectivity index (χ3v) is 2.55. The first-order valence-electron chi connectivity index (χ1n) is 5.70. The van der Waals surface area contributed by atoms with Crippen LogP contribution in [-0.4, -0.2) is 19.2 Å². The molecule has 1 aromatic carbocycles. The lowest BCUT2D eigenvalue weighted by molar-refractivity contribution is 0.253. The molecule has 1 atom stereocenters. The molecule has 0 aliphatic rings. The van der Waals surface area contributed by atoms with Crippen molar-refractivity contribution in [1.82, 2.24) is 5.32 Å². The summed E-state index contributed by atoms with van der Waals surface area (Å²) in [6.45, 7) is 8.08. The van der Waals surface area contributed by atoms with Crippen molar-refractivity contribution < 1.29 is 4.74 Å². The smallest absolute Gasteiger partial charge is 0.137 e. The van der Waals surface area contributed by atoms with Gasteiger partial charge in [-0.25, -0.2) is 0 Å². The van der Waals surface area contributed by atoms with E-state index in [2.05, 4.69) is 26.1 Å². The molecule has 0 bridgehead atoms. The van der Waals surface area contributed by atoms with Crippen LogP contribution in [0.5, 0.6) is 5.75 Å². The van der Waals surface area contributed by atoms with Gasteiger partial charge in [0, 0.05) is 18.5 Å². The number of ether oxygens (including phenoxy) is 1. The molecule has 0 saturated heterocycles. The third kappa shape index (κ3) is 4.86. The second-order valence-electron chi connectivity index (χ2n) is 4.41. The Hall–Kier alpha value is -0.730. The number of nitrogens with one attached hydrogen (secondary N) is 1. The summed E-state index contributed by atoms with van der Waals surface area (Å²) in [5.41, 5.74) is 0. The Kier molecular flexibility index (Phi) is 5.64. The van der Waals surface area contributed by atoms with E-state index in [1.165, 1.54) is 0 Å². The number of para-hydroxylation sites is 1. The summed E-state index contributed by atoms with van der Waals surface area (Å²) in [7, 11) is 0. The quantitative estimate of drug-likeness (QED) is 0.825. The zero-order valence-corrected chi connectivity index (χ0v) is 10.9. The standard InChI is InChI=1S/C13H20ClNO/c1-10(2)15-8-11(3)9-16-13-7-5-4-6-12(13)14/h4-7,10-11,15H,8-9H2,1-3H3. The molecule has 1 rings (SSSR count). The van der Waals surface area contributed by atoms with Gasteiger partial charge in [0.05, 0.1) is 11.6 Å². The summed E-state index contributed by atoms with van der Waals surface area (Å²) in [5.74, 6) is 1.24. The highest BCUT2D eigenvalue weighted by atomic mass is 35.5. The third-order valence-electron chi connectivity index (χ3n) is 2.23. The molecule has 0 spiro atoms. The molecule has 1 aromatic rings. The van der Waals surface area contributed by atoms with E-state index in [0.29, 0.717) is 23.6 Å². The Morgan fingerprint density at radius 3 is 2.56 bits per heavy atom. The van der Waals surface area contributed by atoms with E-state index in [0.717, 1.165) is 12.3 Å². The zero-order chi connectivity index (χ0) is 12.0. The van der Waals surface area contributed by atoms with E-state index >= 15 is 0 Å². The van der Waals surface area contributed by atoms with Gasteiger partial charge in [0.15, 0.2) is 0 Å². The van der Waals surface area contributed by atoms with Crippen LogP contribution in [0.3, 0.4) is 0 Å². The highest BCUT2D eigenvalue weighted by molar-refractivity contribution is 6.32. The molecule has 1 unspecified atom stereocenters. The van der Waals surface area contributed by atoms with Crippen LogP contribution in [0.25, 0.3) is 0 Å². The number of halogens is 1. The van der Waals surface area contributed by atoms with Crippen molar-refractivity contribution in [3.8, 4) is 5.75 Å². The van der Waals surface area contributed by atoms with Gasteiger partial charge in [0.25, 0.3) is 0 Å². The van der Waals surface area contributed by atoms with Gasteiger partial charge < -0.3 is 10.1 Å². The average molecular weight is 242 g/mol. The normalized spacial score (nSPS) is 12.8. The summed E-state index contributed by atoms with van der Waals surface area (Å²) in [6.07, 6.45) is 0. The van der Waals surface area contributed by atoms with Gasteiger partial charge in [-0.05, 0) is 12.1 Å². The second kappa shape index (κ2) is 6.77. The van der Waals surface area contributed by atoms with E-state index in [4.69, 9.17) is 16.3 Å². The van der Waals surface area contributed by atoms with Gasteiger partial charge in [-0.15, -0.1) is 0 Å². The lowest BCUT2D eigenvalue weighted by Crippen LogP contribution is -2.30. The Morgan fingerprint density at radius 1 is 1.25 bits per heavy atom. The van der Waals surface area contributed by atoms with Gasteiger partial charge in [0.1, 0.15) is 5.75 Å². The number of rotatable bonds is 6. The Bertz CT molecular complexity index is 315. The van der Waals surface area contributed by atoms with Crippen LogP contribution < -0.4 is 10.1 Å². The van der Waals surface area contributed by atoms with E-state index in [1.54, 1.807) is 0 Å². The predicted octanol–water partition coefficient (Wildman–Crippen LogP) is 3.35. The van der Waals surface area contributed by atoms with Crippen molar-refractivity contribution >= 4 is 11.6 Å². The molecule has 3 heteroatoms. The van der Waals surface area contributed by atoms with E-state index < -0.39 is 0 Å². The molecule has 2 nitrogen and oxygen atoms in total. The largest absolute Gasteiger partial charge is 0.492 e. The van der Waals surface area contributed by atoms with E-state index in [-0.39, 0.29) is 0 Å². The van der Waals surface area contributed by atoms with Gasteiger partial charge in [0.2, 0.25) is 0 Å². The SMILES string of the molecule is CC(CNC(C)C)COc1ccccc1Cl. The van der Waals surface area contributed by atoms with Crippen molar-refractivity contribution in [2.75, 3.05) is 13.2 Å². The number of hydrogen-bond acceptors (Lipinski definition) is 2. The fraction of sp³-hybridized carbons (Fsp3) is 0.538. The number of benzene rings is 1. The molecular formula is C13H20ClNO. The second-order valence-corrected chi connectivity index (χ2v) is 4.82. The summed E-state index contributed by atoms with van der Waals surface area (Å²) in [5, 5.41) is 4.06. The minimum atomic E-state index is 0.471. The Balaban J connectivity index is 2.31. The topological polar surface area (TPSA) is 21.3 Å². The van der Waals surface area contributed by atoms with Crippen molar-refractivity contribution in [3.05, 3.63) is 29.3 Å². The minimum Gasteiger partial charge on any atom is -0.492 e. The summed E-state index contributed by atoms with van der Waals surface area (Å²) in [6, 6.07) is 8.08. The molecule has 0 aliphatic carbocycles. The molecule has 0 aliphatic heterocycles. The fourth-order valence-corrected chi connectivity index (χ4v) is 1.48.